The van der Waals surface area contributed by atoms with Crippen LogP contribution in [-0.4, -0.2) is 145 Å². The predicted octanol–water partition coefficient (Wildman–Crippen LogP) is 12.9. The highest BCUT2D eigenvalue weighted by atomic mass is 79.9. The van der Waals surface area contributed by atoms with E-state index in [1.54, 1.807) is 0 Å². The van der Waals surface area contributed by atoms with Crippen LogP contribution >= 0.6 is 16.1 Å². The summed E-state index contributed by atoms with van der Waals surface area (Å²) in [6.45, 7) is 39.1. The van der Waals surface area contributed by atoms with Crippen LogP contribution in [0.2, 0.25) is 0 Å². The van der Waals surface area contributed by atoms with Gasteiger partial charge in [0.15, 0.2) is 0 Å². The molecule has 22 atom stereocenters. The van der Waals surface area contributed by atoms with Crippen molar-refractivity contribution < 1.29 is 28.4 Å². The zero-order valence-corrected chi connectivity index (χ0v) is 57.0. The van der Waals surface area contributed by atoms with E-state index >= 15 is 0 Å². The molecule has 0 aromatic heterocycles. The van der Waals surface area contributed by atoms with E-state index in [-0.39, 0.29) is 52.2 Å². The van der Waals surface area contributed by atoms with Crippen LogP contribution in [0.5, 0.6) is 0 Å². The summed E-state index contributed by atoms with van der Waals surface area (Å²) >= 11 is 3.58. The van der Waals surface area contributed by atoms with Crippen molar-refractivity contribution >= 4 is 16.1 Å². The minimum Gasteiger partial charge on any atom is -0.377 e. The van der Waals surface area contributed by atoms with Gasteiger partial charge in [0.1, 0.15) is 13.2 Å². The van der Waals surface area contributed by atoms with E-state index in [0.717, 1.165) is 77.4 Å². The first-order valence-corrected chi connectivity index (χ1v) is 35.6. The molecule has 0 spiro atoms. The van der Waals surface area contributed by atoms with Crippen molar-refractivity contribution in [2.45, 2.75) is 207 Å². The Hall–Kier alpha value is -2.27. The summed E-state index contributed by atoms with van der Waals surface area (Å²) in [5.41, 5.74) is 20.0. The highest BCUT2D eigenvalue weighted by Crippen LogP contribution is 2.71. The predicted molar refractivity (Wildman–Crippen MR) is 352 cm³/mol. The fourth-order valence-corrected chi connectivity index (χ4v) is 21.6. The van der Waals surface area contributed by atoms with Gasteiger partial charge in [-0.3, -0.25) is 0 Å². The average molecular weight is 1270 g/mol. The first-order valence-electron chi connectivity index (χ1n) is 34.9. The van der Waals surface area contributed by atoms with Crippen LogP contribution in [0.4, 0.5) is 0 Å². The molecule has 8 aliphatic rings. The topological polar surface area (TPSA) is 172 Å². The Morgan fingerprint density at radius 2 is 1.06 bits per heavy atom. The van der Waals surface area contributed by atoms with Crippen LogP contribution < -0.4 is 17.2 Å². The molecule has 1 aromatic rings. The minimum atomic E-state index is 0.0586. The molecule has 14 nitrogen and oxygen atoms in total. The number of hydrogen-bond acceptors (Lipinski definition) is 12. The molecule has 15 heteroatoms. The molecule has 0 heterocycles. The third kappa shape index (κ3) is 16.0. The van der Waals surface area contributed by atoms with Gasteiger partial charge in [0, 0.05) is 59.7 Å². The van der Waals surface area contributed by atoms with E-state index in [1.165, 1.54) is 63.4 Å². The number of benzene rings is 1. The molecule has 0 radical (unpaired) electrons. The fourth-order valence-electron chi connectivity index (χ4n) is 21.4. The van der Waals surface area contributed by atoms with Crippen LogP contribution in [0.15, 0.2) is 30.3 Å². The average Bonchev–Trinajstić information content (AvgIpc) is 1.71. The summed E-state index contributed by atoms with van der Waals surface area (Å²) in [4.78, 5) is 9.59. The van der Waals surface area contributed by atoms with Gasteiger partial charge in [0.25, 0.3) is 0 Å². The van der Waals surface area contributed by atoms with Crippen molar-refractivity contribution in [2.24, 2.45) is 110 Å². The number of fused-ring (bicyclic) bond motifs is 10. The first kappa shape index (κ1) is 70.6. The van der Waals surface area contributed by atoms with Gasteiger partial charge >= 0.3 is 0 Å². The van der Waals surface area contributed by atoms with Gasteiger partial charge in [-0.1, -0.05) is 71.9 Å². The van der Waals surface area contributed by atoms with Gasteiger partial charge in [0.2, 0.25) is 13.1 Å². The Bertz CT molecular complexity index is 2360. The third-order valence-corrected chi connectivity index (χ3v) is 25.8. The SMILES string of the molecule is C[C@H](CCCN(C)Cc1ccccc1)[C@H]1CC[C@H]2[C@@H]3[C@H](OCCN)C[C@@H]4C[C@H](OCCN)CC[C@]4(C)[C@H]3C[C@H](OCCN)[C@]12C.[C-]#[N+]CCO[C@@H]1CC[C@@]2(C)[C@@H](C1)C[C@@H](OCCC#N)[C@@H]1[C@@H]2C[C@H](OCC[N+]#[C-])[C@]2(C)[C@@H]([C@H](C)CCCN(C)Br)CC[C@@H]12. The largest absolute Gasteiger partial charge is 0.377 e. The lowest BCUT2D eigenvalue weighted by Gasteiger charge is -2.64. The van der Waals surface area contributed by atoms with Gasteiger partial charge in [0.05, 0.1) is 75.5 Å². The van der Waals surface area contributed by atoms with Crippen LogP contribution in [0.25, 0.3) is 9.69 Å². The fraction of sp³-hybridized carbons (Fsp3) is 0.875. The summed E-state index contributed by atoms with van der Waals surface area (Å²) in [6.07, 6.45) is 22.8. The van der Waals surface area contributed by atoms with Crippen LogP contribution in [-0.2, 0) is 35.0 Å². The van der Waals surface area contributed by atoms with Gasteiger partial charge in [-0.2, -0.15) is 5.26 Å². The molecular weight excluding hydrogens is 1150 g/mol. The zero-order chi connectivity index (χ0) is 62.4. The zero-order valence-electron chi connectivity index (χ0n) is 55.4. The summed E-state index contributed by atoms with van der Waals surface area (Å²) in [7, 11) is 4.34. The quantitative estimate of drug-likeness (QED) is 0.0379. The number of rotatable bonds is 30. The maximum Gasteiger partial charge on any atom is 0.237 e. The number of nitrogens with zero attached hydrogens (tertiary/aromatic N) is 5. The monoisotopic (exact) mass is 1270 g/mol. The summed E-state index contributed by atoms with van der Waals surface area (Å²) in [5, 5.41) is 9.31. The Balaban J connectivity index is 0.000000226. The molecular formula is C72H119BrN8O6. The lowest BCUT2D eigenvalue weighted by molar-refractivity contribution is -0.226. The lowest BCUT2D eigenvalue weighted by atomic mass is 9.43. The van der Waals surface area contributed by atoms with Crippen molar-refractivity contribution in [3.8, 4) is 6.07 Å². The van der Waals surface area contributed by atoms with Crippen molar-refractivity contribution in [3.05, 3.63) is 58.7 Å². The molecule has 87 heavy (non-hydrogen) atoms. The van der Waals surface area contributed by atoms with E-state index in [9.17, 15) is 5.26 Å². The normalized spacial score (nSPS) is 39.1. The van der Waals surface area contributed by atoms with E-state index in [2.05, 4.69) is 127 Å². The van der Waals surface area contributed by atoms with E-state index in [4.69, 9.17) is 58.8 Å². The second-order valence-corrected chi connectivity index (χ2v) is 31.1. The number of nitriles is 1. The van der Waals surface area contributed by atoms with Crippen molar-refractivity contribution in [1.29, 1.82) is 5.26 Å². The Labute approximate surface area is 536 Å². The Kier molecular flexibility index (Phi) is 26.8. The van der Waals surface area contributed by atoms with Crippen molar-refractivity contribution in [1.82, 2.24) is 8.83 Å². The van der Waals surface area contributed by atoms with Crippen LogP contribution in [0, 0.1) is 117 Å². The summed E-state index contributed by atoms with van der Waals surface area (Å²) in [5.74, 6) is 6.90. The van der Waals surface area contributed by atoms with Crippen LogP contribution in [0.1, 0.15) is 169 Å². The maximum atomic E-state index is 9.31. The highest BCUT2D eigenvalue weighted by Gasteiger charge is 2.69. The van der Waals surface area contributed by atoms with E-state index in [1.807, 2.05) is 0 Å². The van der Waals surface area contributed by atoms with Gasteiger partial charge < -0.3 is 60.2 Å². The maximum absolute atomic E-state index is 9.31. The van der Waals surface area contributed by atoms with Gasteiger partial charge in [-0.25, -0.2) is 17.1 Å². The van der Waals surface area contributed by atoms with Crippen molar-refractivity contribution in [3.63, 3.8) is 0 Å². The molecule has 8 aliphatic carbocycles. The molecule has 8 fully saturated rings. The molecule has 490 valence electrons. The molecule has 0 saturated heterocycles. The third-order valence-electron chi connectivity index (χ3n) is 25.5. The minimum absolute atomic E-state index is 0.0586. The van der Waals surface area contributed by atoms with Crippen molar-refractivity contribution in [2.75, 3.05) is 99.5 Å². The first-order chi connectivity index (χ1) is 42.0. The number of ether oxygens (including phenoxy) is 6. The molecule has 1 aromatic carbocycles. The highest BCUT2D eigenvalue weighted by molar-refractivity contribution is 9.07. The van der Waals surface area contributed by atoms with Crippen LogP contribution in [0.3, 0.4) is 0 Å². The smallest absolute Gasteiger partial charge is 0.237 e. The molecule has 0 amide bonds. The molecule has 6 N–H and O–H groups in total. The summed E-state index contributed by atoms with van der Waals surface area (Å²) in [6, 6.07) is 13.1. The number of nitrogens with two attached hydrogens (primary N) is 3. The molecule has 0 unspecified atom stereocenters. The second-order valence-electron chi connectivity index (χ2n) is 29.9. The standard InChI is InChI=1S/C38H66N4O3.C34H53BrN4O3/c1-27(9-8-19-42(4)26-28-10-6-5-7-11-28)31-12-13-32-36-33(25-35(38(31,32)3)45-22-18-41)37(2)15-14-30(43-20-16-39)23-29(37)24-34(36)44-21-17-40;1-24(9-7-17-39(6)35)27-10-11-28-32-29(23-31(34(27,28)3)42-20-16-38-5)33(2)13-12-26(40-19-15-37-4)21-25(33)22-30(32)41-18-8-14-36/h5-7,10-11,27,29-36H,8-9,12-26,39-41H2,1-4H3;24-32H,7-13,15-23H2,1-3,6H3/t27-,29+,30-,31-,32+,33+,34-,35+,36+,37+,38-;24-,25+,26-,27-,28+,29+,30-,31+,32+,33+,34-/m11/s1. The second kappa shape index (κ2) is 33.0. The molecule has 8 saturated carbocycles. The van der Waals surface area contributed by atoms with Gasteiger partial charge in [-0.05, 0) is 224 Å². The Morgan fingerprint density at radius 3 is 1.55 bits per heavy atom. The molecule has 0 bridgehead atoms. The number of halogens is 1. The molecule has 0 aliphatic heterocycles. The van der Waals surface area contributed by atoms with E-state index < -0.39 is 0 Å². The Morgan fingerprint density at radius 1 is 0.598 bits per heavy atom. The lowest BCUT2D eigenvalue weighted by Crippen LogP contribution is -2.63. The molecule has 9 rings (SSSR count). The number of hydrogen-bond donors (Lipinski definition) is 3. The van der Waals surface area contributed by atoms with E-state index in [0.29, 0.717) is 156 Å². The van der Waals surface area contributed by atoms with Gasteiger partial charge in [-0.15, -0.1) is 0 Å². The summed E-state index contributed by atoms with van der Waals surface area (Å²) < 4.78 is 41.6.